The predicted molar refractivity (Wildman–Crippen MR) is 138 cm³/mol. The molecule has 0 saturated carbocycles. The maximum Gasteiger partial charge on any atom is 0.281 e. The van der Waals surface area contributed by atoms with Crippen LogP contribution in [0.1, 0.15) is 10.5 Å². The van der Waals surface area contributed by atoms with Crippen molar-refractivity contribution in [2.24, 2.45) is 7.05 Å². The fourth-order valence-electron chi connectivity index (χ4n) is 3.63. The van der Waals surface area contributed by atoms with Gasteiger partial charge >= 0.3 is 0 Å². The Balaban J connectivity index is 0.00000361. The molecule has 0 aliphatic heterocycles. The number of rotatable bonds is 7. The van der Waals surface area contributed by atoms with Crippen LogP contribution >= 0.6 is 11.6 Å². The van der Waals surface area contributed by atoms with E-state index in [4.69, 9.17) is 21.1 Å². The zero-order valence-corrected chi connectivity index (χ0v) is 23.5. The van der Waals surface area contributed by atoms with E-state index < -0.39 is 21.7 Å². The van der Waals surface area contributed by atoms with Crippen molar-refractivity contribution in [1.82, 2.24) is 9.29 Å². The van der Waals surface area contributed by atoms with Crippen LogP contribution in [0, 0.1) is 5.82 Å². The smallest absolute Gasteiger partial charge is 0.281 e. The molecule has 0 unspecified atom stereocenters. The van der Waals surface area contributed by atoms with Crippen LogP contribution in [0.5, 0.6) is 11.5 Å². The summed E-state index contributed by atoms with van der Waals surface area (Å²) in [5, 5.41) is 4.09. The van der Waals surface area contributed by atoms with Crippen LogP contribution in [-0.4, -0.2) is 62.7 Å². The number of fused-ring (bicyclic) bond motifs is 1. The molecule has 0 atom stereocenters. The van der Waals surface area contributed by atoms with Gasteiger partial charge in [-0.05, 0) is 54.6 Å². The van der Waals surface area contributed by atoms with Crippen molar-refractivity contribution in [3.63, 3.8) is 0 Å². The van der Waals surface area contributed by atoms with Gasteiger partial charge in [0.1, 0.15) is 11.4 Å². The molecule has 0 spiro atoms. The fourth-order valence-corrected chi connectivity index (χ4v) is 4.88. The number of methoxy groups -OCH3 is 2. The van der Waals surface area contributed by atoms with E-state index in [2.05, 4.69) is 10.0 Å². The summed E-state index contributed by atoms with van der Waals surface area (Å²) in [5.41, 5.74) is 1.71. The van der Waals surface area contributed by atoms with Crippen LogP contribution < -0.4 is 19.5 Å². The van der Waals surface area contributed by atoms with Gasteiger partial charge in [-0.3, -0.25) is 4.79 Å². The maximum absolute atomic E-state index is 13.8. The van der Waals surface area contributed by atoms with Crippen LogP contribution in [0.4, 0.5) is 15.8 Å². The summed E-state index contributed by atoms with van der Waals surface area (Å²) < 4.78 is 52.9. The summed E-state index contributed by atoms with van der Waals surface area (Å²) in [6.07, 6.45) is 0. The van der Waals surface area contributed by atoms with Crippen molar-refractivity contribution in [2.45, 2.75) is 4.90 Å². The third kappa shape index (κ3) is 5.47. The Morgan fingerprint density at radius 2 is 1.69 bits per heavy atom. The van der Waals surface area contributed by atoms with Gasteiger partial charge in [-0.25, -0.2) is 17.5 Å². The molecule has 4 aromatic rings. The molecule has 1 heterocycles. The third-order valence-corrected chi connectivity index (χ3v) is 7.06. The average Bonchev–Trinajstić information content (AvgIpc) is 3.20. The van der Waals surface area contributed by atoms with E-state index in [1.807, 2.05) is 0 Å². The van der Waals surface area contributed by atoms with Gasteiger partial charge < -0.3 is 19.4 Å². The van der Waals surface area contributed by atoms with Crippen molar-refractivity contribution >= 4 is 79.4 Å². The Kier molecular flexibility index (Phi) is 8.58. The fraction of sp³-hybridized carbons (Fsp3) is 0.125. The number of nitrogens with one attached hydrogen (secondary N) is 2. The average molecular weight is 541 g/mol. The molecule has 2 N–H and O–H groups in total. The van der Waals surface area contributed by atoms with Crippen molar-refractivity contribution in [3.8, 4) is 11.5 Å². The number of hydrogen-bond acceptors (Lipinski definition) is 6. The Morgan fingerprint density at radius 1 is 1.00 bits per heavy atom. The van der Waals surface area contributed by atoms with E-state index in [1.165, 1.54) is 67.3 Å². The van der Waals surface area contributed by atoms with Crippen LogP contribution in [0.25, 0.3) is 10.9 Å². The first-order valence-corrected chi connectivity index (χ1v) is 12.1. The van der Waals surface area contributed by atoms with E-state index >= 15 is 0 Å². The first-order valence-electron chi connectivity index (χ1n) is 10.2. The van der Waals surface area contributed by atoms with Gasteiger partial charge in [0.2, 0.25) is 0 Å². The summed E-state index contributed by atoms with van der Waals surface area (Å²) in [4.78, 5) is 12.9. The quantitative estimate of drug-likeness (QED) is 0.336. The molecule has 3 aromatic carbocycles. The molecular weight excluding hydrogens is 520 g/mol. The standard InChI is InChI=1S/C24H21ClFN3O5S.Na/c1-29-21(24(30)28-35(31,32)16-7-5-15(33-2)6-8-16)13-17-20(11-9-18(25)23(17)29)27-14-4-10-19(26)22(12-14)34-3;/h4-13,27H,1-3H3,(H,28,30);. The minimum absolute atomic E-state index is 0. The number of benzene rings is 3. The van der Waals surface area contributed by atoms with Crippen molar-refractivity contribution < 1.29 is 27.1 Å². The Bertz CT molecular complexity index is 1540. The number of halogens is 2. The van der Waals surface area contributed by atoms with E-state index in [1.54, 1.807) is 19.2 Å². The second kappa shape index (κ2) is 11.1. The number of anilines is 2. The Labute approximate surface area is 234 Å². The number of carbonyl (C=O) groups excluding carboxylic acids is 1. The first kappa shape index (κ1) is 27.8. The number of sulfonamides is 1. The van der Waals surface area contributed by atoms with Gasteiger partial charge in [0.05, 0.1) is 29.7 Å². The van der Waals surface area contributed by atoms with Crippen LogP contribution in [0.15, 0.2) is 65.6 Å². The summed E-state index contributed by atoms with van der Waals surface area (Å²) >= 11 is 6.40. The number of carbonyl (C=O) groups is 1. The topological polar surface area (TPSA) is 98.7 Å². The Hall–Kier alpha value is -2.76. The molecule has 0 fully saturated rings. The second-order valence-electron chi connectivity index (χ2n) is 7.53. The van der Waals surface area contributed by atoms with E-state index in [0.29, 0.717) is 33.0 Å². The molecule has 1 aromatic heterocycles. The SMILES string of the molecule is COc1ccc(S(=O)(=O)NC(=O)c2cc3c(Nc4ccc(F)c(OC)c4)ccc(Cl)c3n2C)cc1.[Na]. The van der Waals surface area contributed by atoms with Gasteiger partial charge in [0.25, 0.3) is 15.9 Å². The van der Waals surface area contributed by atoms with E-state index in [-0.39, 0.29) is 45.9 Å². The molecule has 1 amide bonds. The zero-order chi connectivity index (χ0) is 25.3. The molecule has 8 nitrogen and oxygen atoms in total. The largest absolute Gasteiger partial charge is 0.497 e. The summed E-state index contributed by atoms with van der Waals surface area (Å²) in [5.74, 6) is -0.782. The molecular formula is C24H21ClFN3NaO5S. The van der Waals surface area contributed by atoms with Gasteiger partial charge in [-0.2, -0.15) is 0 Å². The molecule has 0 aliphatic carbocycles. The second-order valence-corrected chi connectivity index (χ2v) is 9.62. The van der Waals surface area contributed by atoms with Crippen molar-refractivity contribution in [1.29, 1.82) is 0 Å². The van der Waals surface area contributed by atoms with Gasteiger partial charge in [-0.15, -0.1) is 0 Å². The van der Waals surface area contributed by atoms with E-state index in [9.17, 15) is 17.6 Å². The molecule has 1 radical (unpaired) electrons. The number of ether oxygens (including phenoxy) is 2. The van der Waals surface area contributed by atoms with Gasteiger partial charge in [0.15, 0.2) is 11.6 Å². The predicted octanol–water partition coefficient (Wildman–Crippen LogP) is 4.47. The number of nitrogens with zero attached hydrogens (tertiary/aromatic N) is 1. The molecule has 183 valence electrons. The van der Waals surface area contributed by atoms with Gasteiger partial charge in [0, 0.05) is 59.4 Å². The van der Waals surface area contributed by atoms with Crippen LogP contribution in [-0.2, 0) is 17.1 Å². The Morgan fingerprint density at radius 3 is 2.33 bits per heavy atom. The monoisotopic (exact) mass is 540 g/mol. The normalized spacial score (nSPS) is 11.0. The molecule has 36 heavy (non-hydrogen) atoms. The number of amides is 1. The van der Waals surface area contributed by atoms with Crippen LogP contribution in [0.3, 0.4) is 0 Å². The van der Waals surface area contributed by atoms with Crippen molar-refractivity contribution in [3.05, 3.63) is 77.2 Å². The zero-order valence-electron chi connectivity index (χ0n) is 19.9. The number of aromatic nitrogens is 1. The first-order chi connectivity index (χ1) is 16.6. The van der Waals surface area contributed by atoms with Gasteiger partial charge in [-0.1, -0.05) is 11.6 Å². The van der Waals surface area contributed by atoms with Crippen molar-refractivity contribution in [2.75, 3.05) is 19.5 Å². The summed E-state index contributed by atoms with van der Waals surface area (Å²) in [6.45, 7) is 0. The number of hydrogen-bond donors (Lipinski definition) is 2. The van der Waals surface area contributed by atoms with Crippen LogP contribution in [0.2, 0.25) is 5.02 Å². The van der Waals surface area contributed by atoms with E-state index in [0.717, 1.165) is 0 Å². The molecule has 4 rings (SSSR count). The molecule has 0 aliphatic rings. The third-order valence-electron chi connectivity index (χ3n) is 5.41. The maximum atomic E-state index is 13.8. The molecule has 0 saturated heterocycles. The number of aryl methyl sites for hydroxylation is 1. The minimum Gasteiger partial charge on any atom is -0.497 e. The minimum atomic E-state index is -4.13. The molecule has 0 bridgehead atoms. The summed E-state index contributed by atoms with van der Waals surface area (Å²) in [6, 6.07) is 14.8. The summed E-state index contributed by atoms with van der Waals surface area (Å²) in [7, 11) is 0.301. The molecule has 12 heteroatoms.